The van der Waals surface area contributed by atoms with Crippen molar-refractivity contribution in [2.24, 2.45) is 22.9 Å². The van der Waals surface area contributed by atoms with Crippen LogP contribution >= 0.6 is 11.8 Å². The van der Waals surface area contributed by atoms with Gasteiger partial charge in [0.25, 0.3) is 0 Å². The molecule has 0 saturated heterocycles. The van der Waals surface area contributed by atoms with Gasteiger partial charge in [0, 0.05) is 42.6 Å². The van der Waals surface area contributed by atoms with Crippen LogP contribution in [0.3, 0.4) is 0 Å². The van der Waals surface area contributed by atoms with Gasteiger partial charge in [-0.2, -0.15) is 0 Å². The first kappa shape index (κ1) is 36.0. The minimum absolute atomic E-state index is 0.0832. The molecule has 1 saturated carbocycles. The van der Waals surface area contributed by atoms with Crippen LogP contribution in [0.1, 0.15) is 70.3 Å². The van der Waals surface area contributed by atoms with E-state index in [4.69, 9.17) is 24.2 Å². The Morgan fingerprint density at radius 2 is 1.88 bits per heavy atom. The van der Waals surface area contributed by atoms with Gasteiger partial charge in [-0.15, -0.1) is 18.3 Å². The largest absolute Gasteiger partial charge is 0.460 e. The molecule has 6 unspecified atom stereocenters. The number of rotatable bonds is 17. The van der Waals surface area contributed by atoms with Crippen molar-refractivity contribution in [2.75, 3.05) is 33.0 Å². The fraction of sp³-hybridized carbons (Fsp3) is 0.526. The van der Waals surface area contributed by atoms with Crippen LogP contribution < -0.4 is 14.8 Å². The summed E-state index contributed by atoms with van der Waals surface area (Å²) in [5.74, 6) is 0.0669. The molecule has 10 heteroatoms. The minimum atomic E-state index is -1.07. The Labute approximate surface area is 288 Å². The summed E-state index contributed by atoms with van der Waals surface area (Å²) in [7, 11) is 0. The highest BCUT2D eigenvalue weighted by Crippen LogP contribution is 2.63. The molecular formula is C38H50N2O7S. The first-order valence-electron chi connectivity index (χ1n) is 17.4. The maximum absolute atomic E-state index is 12.5. The predicted octanol–water partition coefficient (Wildman–Crippen LogP) is 7.24. The third-order valence-corrected chi connectivity index (χ3v) is 10.8. The topological polar surface area (TPSA) is 119 Å². The summed E-state index contributed by atoms with van der Waals surface area (Å²) in [5, 5.41) is 26.7. The number of aliphatic hydroxyl groups is 2. The maximum Gasteiger partial charge on any atom is 0.412 e. The molecule has 2 aromatic rings. The number of oxime groups is 1. The van der Waals surface area contributed by atoms with E-state index in [-0.39, 0.29) is 42.1 Å². The monoisotopic (exact) mass is 678 g/mol. The zero-order valence-corrected chi connectivity index (χ0v) is 29.0. The summed E-state index contributed by atoms with van der Waals surface area (Å²) in [6.07, 6.45) is 9.15. The highest BCUT2D eigenvalue weighted by molar-refractivity contribution is 8.00. The van der Waals surface area contributed by atoms with Gasteiger partial charge in [0.05, 0.1) is 23.5 Å². The van der Waals surface area contributed by atoms with Crippen molar-refractivity contribution in [3.8, 4) is 11.5 Å². The Morgan fingerprint density at radius 3 is 2.58 bits per heavy atom. The van der Waals surface area contributed by atoms with Crippen LogP contribution in [0.25, 0.3) is 0 Å². The third-order valence-electron chi connectivity index (χ3n) is 9.48. The summed E-state index contributed by atoms with van der Waals surface area (Å²) >= 11 is 1.72. The summed E-state index contributed by atoms with van der Waals surface area (Å²) in [6.45, 7) is 9.26. The molecule has 3 N–H and O–H groups in total. The minimum Gasteiger partial charge on any atom is -0.460 e. The molecule has 3 aliphatic rings. The standard InChI is InChI=1S/C38H50N2O7S/c1-4-22-44-38-34(48-28-15-8-7-9-16-28)25-32(40-45-6-3)30-23-26(14-10-12-20-41)29(17-11-13-21-42)35(36(30)38)31-24-27(18-19-33(31)47-38)46-37(43)39-5-2/h4,7-9,15-16,18-19,23-24,26,29,34-36,41-42H,1,5-6,10-14,17,20-22,25H2,2-3H3,(H,39,43). The highest BCUT2D eigenvalue weighted by atomic mass is 32.2. The second kappa shape index (κ2) is 17.4. The van der Waals surface area contributed by atoms with Crippen molar-refractivity contribution in [2.45, 2.75) is 80.6 Å². The Balaban J connectivity index is 1.73. The Hall–Kier alpha value is -3.31. The van der Waals surface area contributed by atoms with Crippen LogP contribution in [-0.2, 0) is 9.57 Å². The zero-order valence-electron chi connectivity index (χ0n) is 28.1. The molecule has 2 aromatic carbocycles. The molecule has 5 rings (SSSR count). The van der Waals surface area contributed by atoms with Crippen molar-refractivity contribution in [3.05, 3.63) is 78.4 Å². The van der Waals surface area contributed by atoms with Crippen LogP contribution in [0.5, 0.6) is 11.5 Å². The Morgan fingerprint density at radius 1 is 1.10 bits per heavy atom. The number of hydrogen-bond donors (Lipinski definition) is 3. The molecule has 1 amide bonds. The van der Waals surface area contributed by atoms with E-state index in [0.717, 1.165) is 53.8 Å². The van der Waals surface area contributed by atoms with E-state index in [2.05, 4.69) is 30.1 Å². The molecule has 0 radical (unpaired) electrons. The number of aliphatic hydroxyl groups excluding tert-OH is 2. The Kier molecular flexibility index (Phi) is 13.0. The molecule has 48 heavy (non-hydrogen) atoms. The van der Waals surface area contributed by atoms with Crippen LogP contribution in [0.2, 0.25) is 0 Å². The number of nitrogens with zero attached hydrogens (tertiary/aromatic N) is 1. The van der Waals surface area contributed by atoms with Crippen molar-refractivity contribution in [3.63, 3.8) is 0 Å². The van der Waals surface area contributed by atoms with Crippen LogP contribution in [-0.4, -0.2) is 66.0 Å². The number of carbonyl (C=O) groups is 1. The van der Waals surface area contributed by atoms with E-state index in [9.17, 15) is 15.0 Å². The second-order valence-electron chi connectivity index (χ2n) is 12.5. The number of fused-ring (bicyclic) bond motifs is 2. The van der Waals surface area contributed by atoms with Gasteiger partial charge in [-0.25, -0.2) is 4.79 Å². The summed E-state index contributed by atoms with van der Waals surface area (Å²) in [4.78, 5) is 19.4. The number of benzene rings is 2. The van der Waals surface area contributed by atoms with Gasteiger partial charge in [0.2, 0.25) is 5.79 Å². The summed E-state index contributed by atoms with van der Waals surface area (Å²) in [5.41, 5.74) is 2.92. The van der Waals surface area contributed by atoms with E-state index >= 15 is 0 Å². The number of hydrogen-bond acceptors (Lipinski definition) is 9. The average molecular weight is 679 g/mol. The molecule has 6 atom stereocenters. The van der Waals surface area contributed by atoms with Crippen LogP contribution in [0.4, 0.5) is 4.79 Å². The first-order valence-corrected chi connectivity index (χ1v) is 18.2. The van der Waals surface area contributed by atoms with Gasteiger partial charge in [0.15, 0.2) is 0 Å². The van der Waals surface area contributed by atoms with E-state index in [1.54, 1.807) is 23.9 Å². The van der Waals surface area contributed by atoms with Crippen molar-refractivity contribution in [1.82, 2.24) is 5.32 Å². The van der Waals surface area contributed by atoms with E-state index in [1.165, 1.54) is 0 Å². The lowest BCUT2D eigenvalue weighted by molar-refractivity contribution is -0.223. The van der Waals surface area contributed by atoms with Gasteiger partial charge >= 0.3 is 6.09 Å². The molecule has 2 aliphatic carbocycles. The lowest BCUT2D eigenvalue weighted by atomic mass is 9.56. The average Bonchev–Trinajstić information content (AvgIpc) is 3.09. The van der Waals surface area contributed by atoms with Gasteiger partial charge in [0.1, 0.15) is 18.1 Å². The quantitative estimate of drug-likeness (QED) is 0.0911. The van der Waals surface area contributed by atoms with Crippen molar-refractivity contribution in [1.29, 1.82) is 0 Å². The van der Waals surface area contributed by atoms with Crippen LogP contribution in [0.15, 0.2) is 82.9 Å². The fourth-order valence-electron chi connectivity index (χ4n) is 7.58. The number of thioether (sulfide) groups is 1. The SMILES string of the molecule is C=CCOC12Oc3ccc(OC(=O)NCC)cc3C3C(CCCCO)C(CCCCO)C=C(C(=NOCC)CC1Sc1ccccc1)C32. The lowest BCUT2D eigenvalue weighted by Gasteiger charge is -2.58. The predicted molar refractivity (Wildman–Crippen MR) is 189 cm³/mol. The van der Waals surface area contributed by atoms with Gasteiger partial charge in [-0.05, 0) is 87.3 Å². The number of ether oxygens (including phenoxy) is 3. The molecule has 0 bridgehead atoms. The summed E-state index contributed by atoms with van der Waals surface area (Å²) in [6, 6.07) is 15.9. The van der Waals surface area contributed by atoms with Gasteiger partial charge < -0.3 is 34.6 Å². The fourth-order valence-corrected chi connectivity index (χ4v) is 8.89. The molecule has 1 fully saturated rings. The second-order valence-corrected chi connectivity index (χ2v) is 13.8. The number of carbonyl (C=O) groups excluding carboxylic acids is 1. The molecular weight excluding hydrogens is 628 g/mol. The van der Waals surface area contributed by atoms with Crippen molar-refractivity contribution < 1.29 is 34.1 Å². The molecule has 260 valence electrons. The smallest absolute Gasteiger partial charge is 0.412 e. The number of unbranched alkanes of at least 4 members (excludes halogenated alkanes) is 2. The third kappa shape index (κ3) is 7.94. The number of allylic oxidation sites excluding steroid dienone is 1. The van der Waals surface area contributed by atoms with E-state index in [1.807, 2.05) is 44.2 Å². The molecule has 1 aliphatic heterocycles. The van der Waals surface area contributed by atoms with Crippen molar-refractivity contribution >= 4 is 23.6 Å². The summed E-state index contributed by atoms with van der Waals surface area (Å²) < 4.78 is 19.8. The lowest BCUT2D eigenvalue weighted by Crippen LogP contribution is -2.64. The molecule has 9 nitrogen and oxygen atoms in total. The number of nitrogens with one attached hydrogen (secondary N) is 1. The molecule has 0 aromatic heterocycles. The van der Waals surface area contributed by atoms with Crippen LogP contribution in [0, 0.1) is 17.8 Å². The first-order chi connectivity index (χ1) is 23.5. The van der Waals surface area contributed by atoms with E-state index in [0.29, 0.717) is 44.1 Å². The molecule has 0 spiro atoms. The zero-order chi connectivity index (χ0) is 33.9. The van der Waals surface area contributed by atoms with Gasteiger partial charge in [-0.3, -0.25) is 0 Å². The molecule has 1 heterocycles. The Bertz CT molecular complexity index is 1430. The number of amides is 1. The maximum atomic E-state index is 12.5. The highest BCUT2D eigenvalue weighted by Gasteiger charge is 2.64. The van der Waals surface area contributed by atoms with E-state index < -0.39 is 11.9 Å². The van der Waals surface area contributed by atoms with Gasteiger partial charge in [-0.1, -0.05) is 48.3 Å². The normalized spacial score (nSPS) is 26.5.